The quantitative estimate of drug-likeness (QED) is 0.484. The Morgan fingerprint density at radius 3 is 2.67 bits per heavy atom. The van der Waals surface area contributed by atoms with Crippen LogP contribution in [-0.4, -0.2) is 4.98 Å². The fourth-order valence-corrected chi connectivity index (χ4v) is 1.72. The lowest BCUT2D eigenvalue weighted by molar-refractivity contribution is 1.41. The molecule has 3 rings (SSSR count). The highest BCUT2D eigenvalue weighted by Crippen LogP contribution is 2.28. The maximum absolute atomic E-state index is 4.30. The van der Waals surface area contributed by atoms with Crippen LogP contribution in [0.1, 0.15) is 11.1 Å². The first-order valence-corrected chi connectivity index (χ1v) is 4.01. The van der Waals surface area contributed by atoms with E-state index in [0.29, 0.717) is 0 Å². The minimum absolute atomic E-state index is 1.09. The molecule has 0 amide bonds. The summed E-state index contributed by atoms with van der Waals surface area (Å²) < 4.78 is 0. The molecule has 0 aliphatic heterocycles. The van der Waals surface area contributed by atoms with E-state index in [4.69, 9.17) is 0 Å². The van der Waals surface area contributed by atoms with Crippen LogP contribution in [0.4, 0.5) is 0 Å². The molecule has 0 spiro atoms. The number of aromatic nitrogens is 1. The van der Waals surface area contributed by atoms with Gasteiger partial charge in [0.1, 0.15) is 0 Å². The van der Waals surface area contributed by atoms with Crippen molar-refractivity contribution in [1.82, 2.24) is 4.98 Å². The zero-order valence-corrected chi connectivity index (χ0v) is 6.49. The fraction of sp³-hybridized carbons (Fsp3) is 0. The van der Waals surface area contributed by atoms with Crippen LogP contribution >= 0.6 is 0 Å². The van der Waals surface area contributed by atoms with E-state index in [1.807, 2.05) is 12.3 Å². The van der Waals surface area contributed by atoms with Crippen LogP contribution in [0.2, 0.25) is 0 Å². The molecule has 0 atom stereocenters. The maximum Gasteiger partial charge on any atom is 0.0714 e. The standard InChI is InChI=1S/C11H7N/c1-2-8-4-5-9-6-7-12-10(3-1)11(8)9/h1-7H. The summed E-state index contributed by atoms with van der Waals surface area (Å²) in [6.07, 6.45) is 6.13. The number of benzene rings is 1. The normalized spacial score (nSPS) is 12.7. The summed E-state index contributed by atoms with van der Waals surface area (Å²) in [5.41, 5.74) is 3.67. The molecule has 1 heteroatoms. The van der Waals surface area contributed by atoms with E-state index in [2.05, 4.69) is 35.3 Å². The number of hydrogen-bond donors (Lipinski definition) is 0. The predicted octanol–water partition coefficient (Wildman–Crippen LogP) is 2.72. The average Bonchev–Trinajstić information content (AvgIpc) is 2.52. The lowest BCUT2D eigenvalue weighted by atomic mass is 10.1. The molecule has 56 valence electrons. The first-order chi connectivity index (χ1) is 5.95. The van der Waals surface area contributed by atoms with Gasteiger partial charge in [0.2, 0.25) is 0 Å². The number of nitrogens with zero attached hydrogens (tertiary/aromatic N) is 1. The van der Waals surface area contributed by atoms with Crippen molar-refractivity contribution >= 4 is 23.1 Å². The molecule has 0 saturated heterocycles. The second-order valence-electron chi connectivity index (χ2n) is 2.97. The van der Waals surface area contributed by atoms with Gasteiger partial charge in [0.05, 0.1) is 5.52 Å². The first-order valence-electron chi connectivity index (χ1n) is 4.01. The molecule has 1 nitrogen and oxygen atoms in total. The average molecular weight is 153 g/mol. The third-order valence-electron chi connectivity index (χ3n) is 2.27. The van der Waals surface area contributed by atoms with Gasteiger partial charge < -0.3 is 0 Å². The van der Waals surface area contributed by atoms with Crippen molar-refractivity contribution in [2.24, 2.45) is 0 Å². The lowest BCUT2D eigenvalue weighted by Gasteiger charge is -1.98. The number of pyridine rings is 1. The summed E-state index contributed by atoms with van der Waals surface area (Å²) in [7, 11) is 0. The molecule has 1 heterocycles. The zero-order chi connectivity index (χ0) is 7.97. The fourth-order valence-electron chi connectivity index (χ4n) is 1.72. The Kier molecular flexibility index (Phi) is 0.965. The molecule has 1 aliphatic carbocycles. The van der Waals surface area contributed by atoms with Crippen LogP contribution in [0, 0.1) is 0 Å². The van der Waals surface area contributed by atoms with Gasteiger partial charge in [0, 0.05) is 11.6 Å². The molecule has 0 bridgehead atoms. The van der Waals surface area contributed by atoms with Gasteiger partial charge in [-0.15, -0.1) is 0 Å². The molecule has 0 radical (unpaired) electrons. The van der Waals surface area contributed by atoms with Gasteiger partial charge in [-0.05, 0) is 23.3 Å². The lowest BCUT2D eigenvalue weighted by Crippen LogP contribution is -1.80. The number of rotatable bonds is 0. The summed E-state index contributed by atoms with van der Waals surface area (Å²) in [4.78, 5) is 4.30. The Balaban J connectivity index is 2.64. The van der Waals surface area contributed by atoms with Gasteiger partial charge in [-0.3, -0.25) is 4.98 Å². The first kappa shape index (κ1) is 5.95. The highest BCUT2D eigenvalue weighted by atomic mass is 14.6. The van der Waals surface area contributed by atoms with Gasteiger partial charge in [-0.1, -0.05) is 24.3 Å². The van der Waals surface area contributed by atoms with E-state index in [9.17, 15) is 0 Å². The van der Waals surface area contributed by atoms with Crippen molar-refractivity contribution in [2.75, 3.05) is 0 Å². The third kappa shape index (κ3) is 0.607. The van der Waals surface area contributed by atoms with Gasteiger partial charge in [-0.25, -0.2) is 0 Å². The van der Waals surface area contributed by atoms with Crippen LogP contribution in [0.15, 0.2) is 30.5 Å². The Morgan fingerprint density at radius 1 is 0.917 bits per heavy atom. The Labute approximate surface area is 70.4 Å². The molecular formula is C11H7N. The topological polar surface area (TPSA) is 12.9 Å². The Bertz CT molecular complexity index is 443. The SMILES string of the molecule is C1=Cc2ccnc3cccc1c23. The highest BCUT2D eigenvalue weighted by molar-refractivity contribution is 6.02. The van der Waals surface area contributed by atoms with Crippen molar-refractivity contribution in [3.8, 4) is 0 Å². The largest absolute Gasteiger partial charge is 0.256 e. The van der Waals surface area contributed by atoms with Crippen molar-refractivity contribution < 1.29 is 0 Å². The smallest absolute Gasteiger partial charge is 0.0714 e. The molecule has 1 aromatic carbocycles. The monoisotopic (exact) mass is 153 g/mol. The second-order valence-corrected chi connectivity index (χ2v) is 2.97. The predicted molar refractivity (Wildman–Crippen MR) is 50.7 cm³/mol. The van der Waals surface area contributed by atoms with Crippen LogP contribution in [0.5, 0.6) is 0 Å². The highest BCUT2D eigenvalue weighted by Gasteiger charge is 2.07. The van der Waals surface area contributed by atoms with E-state index in [1.54, 1.807) is 0 Å². The molecule has 12 heavy (non-hydrogen) atoms. The third-order valence-corrected chi connectivity index (χ3v) is 2.27. The van der Waals surface area contributed by atoms with Crippen LogP contribution in [-0.2, 0) is 0 Å². The molecule has 0 saturated carbocycles. The molecule has 1 aromatic heterocycles. The van der Waals surface area contributed by atoms with Crippen LogP contribution < -0.4 is 0 Å². The number of hydrogen-bond acceptors (Lipinski definition) is 1. The minimum atomic E-state index is 1.09. The molecular weight excluding hydrogens is 146 g/mol. The molecule has 1 aliphatic rings. The Morgan fingerprint density at radius 2 is 1.75 bits per heavy atom. The van der Waals surface area contributed by atoms with Crippen LogP contribution in [0.3, 0.4) is 0 Å². The summed E-state index contributed by atoms with van der Waals surface area (Å²) in [6, 6.07) is 8.27. The van der Waals surface area contributed by atoms with Crippen molar-refractivity contribution in [3.05, 3.63) is 41.6 Å². The van der Waals surface area contributed by atoms with E-state index in [1.165, 1.54) is 16.5 Å². The van der Waals surface area contributed by atoms with Crippen molar-refractivity contribution in [1.29, 1.82) is 0 Å². The molecule has 2 aromatic rings. The molecule has 0 N–H and O–H groups in total. The van der Waals surface area contributed by atoms with Crippen LogP contribution in [0.25, 0.3) is 23.1 Å². The minimum Gasteiger partial charge on any atom is -0.256 e. The van der Waals surface area contributed by atoms with Gasteiger partial charge in [-0.2, -0.15) is 0 Å². The summed E-state index contributed by atoms with van der Waals surface area (Å²) >= 11 is 0. The van der Waals surface area contributed by atoms with Crippen molar-refractivity contribution in [2.45, 2.75) is 0 Å². The summed E-state index contributed by atoms with van der Waals surface area (Å²) in [5.74, 6) is 0. The van der Waals surface area contributed by atoms with Gasteiger partial charge in [0.25, 0.3) is 0 Å². The zero-order valence-electron chi connectivity index (χ0n) is 6.49. The van der Waals surface area contributed by atoms with E-state index >= 15 is 0 Å². The van der Waals surface area contributed by atoms with Gasteiger partial charge >= 0.3 is 0 Å². The summed E-state index contributed by atoms with van der Waals surface area (Å²) in [6.45, 7) is 0. The maximum atomic E-state index is 4.30. The van der Waals surface area contributed by atoms with Gasteiger partial charge in [0.15, 0.2) is 0 Å². The van der Waals surface area contributed by atoms with Crippen molar-refractivity contribution in [3.63, 3.8) is 0 Å². The Hall–Kier alpha value is -1.63. The molecule has 0 unspecified atom stereocenters. The van der Waals surface area contributed by atoms with E-state index in [0.717, 1.165) is 5.52 Å². The summed E-state index contributed by atoms with van der Waals surface area (Å²) in [5, 5.41) is 1.29. The van der Waals surface area contributed by atoms with E-state index in [-0.39, 0.29) is 0 Å². The van der Waals surface area contributed by atoms with E-state index < -0.39 is 0 Å². The second kappa shape index (κ2) is 1.95. The molecule has 0 fully saturated rings.